The summed E-state index contributed by atoms with van der Waals surface area (Å²) in [6, 6.07) is 12.4. The van der Waals surface area contributed by atoms with Gasteiger partial charge in [0.1, 0.15) is 11.6 Å². The number of carbonyl (C=O) groups is 2. The van der Waals surface area contributed by atoms with Gasteiger partial charge in [-0.15, -0.1) is 0 Å². The van der Waals surface area contributed by atoms with Crippen LogP contribution in [0, 0.1) is 5.82 Å². The fraction of sp³-hybridized carbons (Fsp3) is 0.429. The quantitative estimate of drug-likeness (QED) is 0.380. The van der Waals surface area contributed by atoms with E-state index in [1.54, 1.807) is 4.90 Å². The molecule has 1 unspecified atom stereocenters. The molecule has 2 aliphatic heterocycles. The lowest BCUT2D eigenvalue weighted by Crippen LogP contribution is -2.39. The van der Waals surface area contributed by atoms with E-state index in [2.05, 4.69) is 25.7 Å². The third-order valence-corrected chi connectivity index (χ3v) is 6.73. The zero-order valence-corrected chi connectivity index (χ0v) is 20.6. The topological polar surface area (TPSA) is 70.1 Å². The summed E-state index contributed by atoms with van der Waals surface area (Å²) in [5.41, 5.74) is 2.17. The van der Waals surface area contributed by atoms with Gasteiger partial charge in [0.15, 0.2) is 0 Å². The summed E-state index contributed by atoms with van der Waals surface area (Å²) in [4.78, 5) is 30.1. The zero-order chi connectivity index (χ0) is 25.2. The molecule has 2 saturated heterocycles. The van der Waals surface area contributed by atoms with Gasteiger partial charge in [-0.3, -0.25) is 14.5 Å². The van der Waals surface area contributed by atoms with Crippen molar-refractivity contribution in [2.45, 2.75) is 38.6 Å². The maximum absolute atomic E-state index is 13.5. The average Bonchev–Trinajstić information content (AvgIpc) is 3.09. The Labute approximate surface area is 206 Å². The van der Waals surface area contributed by atoms with E-state index in [0.29, 0.717) is 31.7 Å². The van der Waals surface area contributed by atoms with Crippen LogP contribution in [0.2, 0.25) is 0 Å². The number of aliphatic hydroxyl groups is 1. The summed E-state index contributed by atoms with van der Waals surface area (Å²) in [5.74, 6) is -2.08. The molecule has 0 bridgehead atoms. The van der Waals surface area contributed by atoms with Crippen molar-refractivity contribution < 1.29 is 23.8 Å². The van der Waals surface area contributed by atoms with Crippen molar-refractivity contribution in [1.82, 2.24) is 9.80 Å². The van der Waals surface area contributed by atoms with Crippen molar-refractivity contribution in [3.05, 3.63) is 76.6 Å². The van der Waals surface area contributed by atoms with E-state index >= 15 is 0 Å². The first-order valence-electron chi connectivity index (χ1n) is 12.1. The van der Waals surface area contributed by atoms with Gasteiger partial charge in [-0.25, -0.2) is 4.39 Å². The minimum atomic E-state index is -0.719. The van der Waals surface area contributed by atoms with Crippen LogP contribution in [0.25, 0.3) is 5.76 Å². The van der Waals surface area contributed by atoms with Gasteiger partial charge in [0.25, 0.3) is 11.7 Å². The van der Waals surface area contributed by atoms with Crippen LogP contribution in [0.1, 0.15) is 49.9 Å². The first-order valence-corrected chi connectivity index (χ1v) is 12.1. The highest BCUT2D eigenvalue weighted by atomic mass is 19.1. The maximum atomic E-state index is 13.5. The molecule has 0 aliphatic carbocycles. The lowest BCUT2D eigenvalue weighted by atomic mass is 9.85. The van der Waals surface area contributed by atoms with Gasteiger partial charge < -0.3 is 14.7 Å². The van der Waals surface area contributed by atoms with E-state index in [9.17, 15) is 19.1 Å². The molecular weight excluding hydrogens is 447 g/mol. The molecule has 0 aromatic heterocycles. The summed E-state index contributed by atoms with van der Waals surface area (Å²) < 4.78 is 18.9. The second-order valence-corrected chi connectivity index (χ2v) is 10.2. The number of likely N-dealkylation sites (tertiary alicyclic amines) is 1. The molecule has 1 N–H and O–H groups in total. The minimum Gasteiger partial charge on any atom is -0.507 e. The molecule has 2 heterocycles. The Bertz CT molecular complexity index is 1100. The van der Waals surface area contributed by atoms with Crippen molar-refractivity contribution in [2.75, 3.05) is 39.4 Å². The Morgan fingerprint density at radius 2 is 1.63 bits per heavy atom. The monoisotopic (exact) mass is 480 g/mol. The Hall–Kier alpha value is -3.03. The van der Waals surface area contributed by atoms with Gasteiger partial charge in [-0.1, -0.05) is 45.0 Å². The van der Waals surface area contributed by atoms with Crippen molar-refractivity contribution in [3.63, 3.8) is 0 Å². The lowest BCUT2D eigenvalue weighted by molar-refractivity contribution is -0.140. The summed E-state index contributed by atoms with van der Waals surface area (Å²) >= 11 is 0. The molecule has 1 amide bonds. The van der Waals surface area contributed by atoms with Crippen LogP contribution in [0.5, 0.6) is 0 Å². The fourth-order valence-corrected chi connectivity index (χ4v) is 4.68. The summed E-state index contributed by atoms with van der Waals surface area (Å²) in [7, 11) is 0. The Morgan fingerprint density at radius 1 is 1.00 bits per heavy atom. The SMILES string of the molecule is CC(C)(C)c1ccc(C2/C(=C(/O)c3ccc(F)cc3)C(=O)C(=O)N2CCCN2CCOCC2)cc1. The van der Waals surface area contributed by atoms with Crippen molar-refractivity contribution in [3.8, 4) is 0 Å². The molecule has 7 heteroatoms. The third kappa shape index (κ3) is 5.46. The number of hydrogen-bond acceptors (Lipinski definition) is 5. The van der Waals surface area contributed by atoms with E-state index in [1.807, 2.05) is 24.3 Å². The van der Waals surface area contributed by atoms with Gasteiger partial charge in [-0.05, 0) is 47.2 Å². The minimum absolute atomic E-state index is 0.0384. The van der Waals surface area contributed by atoms with Gasteiger partial charge in [0, 0.05) is 31.7 Å². The number of aliphatic hydroxyl groups excluding tert-OH is 1. The van der Waals surface area contributed by atoms with E-state index in [0.717, 1.165) is 30.8 Å². The van der Waals surface area contributed by atoms with E-state index in [1.165, 1.54) is 24.3 Å². The second kappa shape index (κ2) is 10.3. The molecule has 2 fully saturated rings. The zero-order valence-electron chi connectivity index (χ0n) is 20.6. The Balaban J connectivity index is 1.68. The number of rotatable bonds is 6. The molecule has 2 aromatic rings. The molecule has 0 radical (unpaired) electrons. The first-order chi connectivity index (χ1) is 16.7. The number of ether oxygens (including phenoxy) is 1. The number of hydrogen-bond donors (Lipinski definition) is 1. The molecule has 2 aromatic carbocycles. The molecule has 186 valence electrons. The Morgan fingerprint density at radius 3 is 2.23 bits per heavy atom. The summed E-state index contributed by atoms with van der Waals surface area (Å²) in [5, 5.41) is 11.1. The molecular formula is C28H33FN2O4. The van der Waals surface area contributed by atoms with Crippen LogP contribution in [0.15, 0.2) is 54.1 Å². The number of carbonyl (C=O) groups excluding carboxylic acids is 2. The largest absolute Gasteiger partial charge is 0.507 e. The summed E-state index contributed by atoms with van der Waals surface area (Å²) in [6.07, 6.45) is 0.695. The molecule has 2 aliphatic rings. The molecule has 1 atom stereocenters. The van der Waals surface area contributed by atoms with Crippen molar-refractivity contribution in [2.24, 2.45) is 0 Å². The first kappa shape index (κ1) is 25.1. The standard InChI is InChI=1S/C28H33FN2O4/c1-28(2,3)21-9-5-19(6-10-21)24-23(25(32)20-7-11-22(29)12-8-20)26(33)27(34)31(24)14-4-13-30-15-17-35-18-16-30/h5-12,24,32H,4,13-18H2,1-3H3/b25-23-. The van der Waals surface area contributed by atoms with Crippen LogP contribution < -0.4 is 0 Å². The molecule has 4 rings (SSSR count). The lowest BCUT2D eigenvalue weighted by Gasteiger charge is -2.29. The predicted octanol–water partition coefficient (Wildman–Crippen LogP) is 4.27. The number of halogens is 1. The number of benzene rings is 2. The Kier molecular flexibility index (Phi) is 7.38. The highest BCUT2D eigenvalue weighted by molar-refractivity contribution is 6.46. The number of amides is 1. The molecule has 35 heavy (non-hydrogen) atoms. The van der Waals surface area contributed by atoms with Crippen molar-refractivity contribution in [1.29, 1.82) is 0 Å². The van der Waals surface area contributed by atoms with Gasteiger partial charge >= 0.3 is 0 Å². The maximum Gasteiger partial charge on any atom is 0.295 e. The van der Waals surface area contributed by atoms with Crippen molar-refractivity contribution >= 4 is 17.4 Å². The number of Topliss-reactive ketones (excluding diaryl/α,β-unsaturated/α-hetero) is 1. The van der Waals surface area contributed by atoms with E-state index < -0.39 is 23.5 Å². The van der Waals surface area contributed by atoms with Crippen LogP contribution in [-0.2, 0) is 19.7 Å². The second-order valence-electron chi connectivity index (χ2n) is 10.2. The molecule has 6 nitrogen and oxygen atoms in total. The highest BCUT2D eigenvalue weighted by Crippen LogP contribution is 2.40. The van der Waals surface area contributed by atoms with E-state index in [4.69, 9.17) is 4.74 Å². The van der Waals surface area contributed by atoms with Crippen LogP contribution in [0.3, 0.4) is 0 Å². The molecule has 0 spiro atoms. The van der Waals surface area contributed by atoms with Crippen LogP contribution in [-0.4, -0.2) is 66.0 Å². The normalized spacial score (nSPS) is 21.0. The number of morpholine rings is 1. The predicted molar refractivity (Wildman–Crippen MR) is 132 cm³/mol. The van der Waals surface area contributed by atoms with Gasteiger partial charge in [0.05, 0.1) is 24.8 Å². The van der Waals surface area contributed by atoms with Gasteiger partial charge in [0.2, 0.25) is 0 Å². The average molecular weight is 481 g/mol. The highest BCUT2D eigenvalue weighted by Gasteiger charge is 2.45. The third-order valence-electron chi connectivity index (χ3n) is 6.73. The fourth-order valence-electron chi connectivity index (χ4n) is 4.68. The van der Waals surface area contributed by atoms with Gasteiger partial charge in [-0.2, -0.15) is 0 Å². The smallest absolute Gasteiger partial charge is 0.295 e. The number of ketones is 1. The van der Waals surface area contributed by atoms with Crippen LogP contribution >= 0.6 is 0 Å². The van der Waals surface area contributed by atoms with Crippen LogP contribution in [0.4, 0.5) is 4.39 Å². The number of nitrogens with zero attached hydrogens (tertiary/aromatic N) is 2. The molecule has 0 saturated carbocycles. The summed E-state index contributed by atoms with van der Waals surface area (Å²) in [6.45, 7) is 10.6. The van der Waals surface area contributed by atoms with E-state index in [-0.39, 0.29) is 16.7 Å².